The maximum atomic E-state index is 12.4. The fraction of sp³-hybridized carbons (Fsp3) is 0.583. The van der Waals surface area contributed by atoms with Crippen molar-refractivity contribution in [2.75, 3.05) is 32.0 Å². The number of anilines is 1. The summed E-state index contributed by atoms with van der Waals surface area (Å²) < 4.78 is 37.3. The Balaban J connectivity index is 0.00000441. The van der Waals surface area contributed by atoms with E-state index in [1.54, 1.807) is 7.05 Å². The van der Waals surface area contributed by atoms with Gasteiger partial charge in [0, 0.05) is 25.7 Å². The van der Waals surface area contributed by atoms with E-state index < -0.39 is 11.9 Å². The quantitative estimate of drug-likeness (QED) is 0.624. The Hall–Kier alpha value is -1.61. The predicted octanol–water partition coefficient (Wildman–Crippen LogP) is 1.44. The van der Waals surface area contributed by atoms with E-state index in [1.807, 2.05) is 0 Å². The van der Waals surface area contributed by atoms with E-state index in [1.165, 1.54) is 0 Å². The van der Waals surface area contributed by atoms with E-state index in [0.29, 0.717) is 6.42 Å². The minimum atomic E-state index is -4.50. The number of aromatic nitrogens is 2. The van der Waals surface area contributed by atoms with E-state index in [9.17, 15) is 18.0 Å². The first kappa shape index (κ1) is 20.4. The van der Waals surface area contributed by atoms with Gasteiger partial charge in [0.2, 0.25) is 11.9 Å². The Bertz CT molecular complexity index is 459. The molecule has 1 aromatic heterocycles. The molecule has 0 bridgehead atoms. The molecule has 0 aromatic carbocycles. The number of rotatable bonds is 8. The number of nitrogens with one attached hydrogen (secondary N) is 3. The SMILES string of the molecule is CNCCCC(=O)NCCNc1nccc(C(F)(F)F)n1.Cl. The number of hydrogen-bond acceptors (Lipinski definition) is 5. The third kappa shape index (κ3) is 7.99. The summed E-state index contributed by atoms with van der Waals surface area (Å²) in [6.45, 7) is 1.29. The van der Waals surface area contributed by atoms with Gasteiger partial charge in [-0.05, 0) is 26.1 Å². The van der Waals surface area contributed by atoms with Crippen LogP contribution in [0.1, 0.15) is 18.5 Å². The van der Waals surface area contributed by atoms with E-state index in [0.717, 1.165) is 25.2 Å². The molecule has 6 nitrogen and oxygen atoms in total. The van der Waals surface area contributed by atoms with Gasteiger partial charge in [0.15, 0.2) is 0 Å². The lowest BCUT2D eigenvalue weighted by atomic mass is 10.3. The first-order valence-electron chi connectivity index (χ1n) is 6.49. The van der Waals surface area contributed by atoms with Crippen molar-refractivity contribution in [2.45, 2.75) is 19.0 Å². The zero-order valence-electron chi connectivity index (χ0n) is 12.0. The summed E-state index contributed by atoms with van der Waals surface area (Å²) in [5.74, 6) is -0.216. The molecule has 0 radical (unpaired) electrons. The van der Waals surface area contributed by atoms with Gasteiger partial charge >= 0.3 is 6.18 Å². The van der Waals surface area contributed by atoms with Crippen LogP contribution in [0.25, 0.3) is 0 Å². The van der Waals surface area contributed by atoms with Crippen molar-refractivity contribution in [2.24, 2.45) is 0 Å². The fourth-order valence-corrected chi connectivity index (χ4v) is 1.49. The minimum Gasteiger partial charge on any atom is -0.354 e. The normalized spacial score (nSPS) is 10.7. The highest BCUT2D eigenvalue weighted by molar-refractivity contribution is 5.85. The first-order chi connectivity index (χ1) is 9.93. The molecule has 1 amide bonds. The summed E-state index contributed by atoms with van der Waals surface area (Å²) in [7, 11) is 1.80. The lowest BCUT2D eigenvalue weighted by molar-refractivity contribution is -0.141. The lowest BCUT2D eigenvalue weighted by Crippen LogP contribution is -2.29. The number of hydrogen-bond donors (Lipinski definition) is 3. The second kappa shape index (κ2) is 10.2. The van der Waals surface area contributed by atoms with Crippen molar-refractivity contribution in [3.8, 4) is 0 Å². The van der Waals surface area contributed by atoms with E-state index >= 15 is 0 Å². The smallest absolute Gasteiger partial charge is 0.354 e. The van der Waals surface area contributed by atoms with Gasteiger partial charge in [-0.2, -0.15) is 13.2 Å². The van der Waals surface area contributed by atoms with E-state index in [4.69, 9.17) is 0 Å². The number of alkyl halides is 3. The average Bonchev–Trinajstić information content (AvgIpc) is 2.43. The van der Waals surface area contributed by atoms with Crippen LogP contribution >= 0.6 is 12.4 Å². The van der Waals surface area contributed by atoms with Crippen LogP contribution in [-0.4, -0.2) is 42.6 Å². The van der Waals surface area contributed by atoms with Crippen molar-refractivity contribution >= 4 is 24.3 Å². The topological polar surface area (TPSA) is 78.9 Å². The third-order valence-corrected chi connectivity index (χ3v) is 2.51. The molecule has 10 heteroatoms. The Morgan fingerprint density at radius 2 is 2.00 bits per heavy atom. The summed E-state index contributed by atoms with van der Waals surface area (Å²) in [6, 6.07) is 0.800. The molecular formula is C12H19ClF3N5O. The molecule has 1 aromatic rings. The van der Waals surface area contributed by atoms with Gasteiger partial charge in [0.05, 0.1) is 0 Å². The Morgan fingerprint density at radius 3 is 2.64 bits per heavy atom. The minimum absolute atomic E-state index is 0. The molecule has 0 aliphatic carbocycles. The number of nitrogens with zero attached hydrogens (tertiary/aromatic N) is 2. The zero-order chi connectivity index (χ0) is 15.7. The van der Waals surface area contributed by atoms with Gasteiger partial charge in [0.25, 0.3) is 0 Å². The monoisotopic (exact) mass is 341 g/mol. The van der Waals surface area contributed by atoms with Crippen LogP contribution in [0.5, 0.6) is 0 Å². The molecule has 0 unspecified atom stereocenters. The second-order valence-corrected chi connectivity index (χ2v) is 4.25. The molecule has 0 fully saturated rings. The van der Waals surface area contributed by atoms with Crippen molar-refractivity contribution in [3.05, 3.63) is 18.0 Å². The van der Waals surface area contributed by atoms with Gasteiger partial charge in [-0.3, -0.25) is 4.79 Å². The number of carbonyl (C=O) groups is 1. The average molecular weight is 342 g/mol. The standard InChI is InChI=1S/C12H18F3N5O.ClH/c1-16-5-2-3-10(21)17-7-8-19-11-18-6-4-9(20-11)12(13,14)15;/h4,6,16H,2-3,5,7-8H2,1H3,(H,17,21)(H,18,19,20);1H. The number of carbonyl (C=O) groups excluding carboxylic acids is 1. The van der Waals surface area contributed by atoms with Gasteiger partial charge < -0.3 is 16.0 Å². The van der Waals surface area contributed by atoms with Crippen LogP contribution in [-0.2, 0) is 11.0 Å². The largest absolute Gasteiger partial charge is 0.433 e. The number of amides is 1. The van der Waals surface area contributed by atoms with Crippen LogP contribution in [0.3, 0.4) is 0 Å². The molecule has 0 aliphatic heterocycles. The van der Waals surface area contributed by atoms with Gasteiger partial charge in [-0.25, -0.2) is 9.97 Å². The molecular weight excluding hydrogens is 323 g/mol. The van der Waals surface area contributed by atoms with Crippen molar-refractivity contribution in [1.82, 2.24) is 20.6 Å². The Morgan fingerprint density at radius 1 is 1.27 bits per heavy atom. The third-order valence-electron chi connectivity index (χ3n) is 2.51. The van der Waals surface area contributed by atoms with Crippen molar-refractivity contribution < 1.29 is 18.0 Å². The predicted molar refractivity (Wildman–Crippen MR) is 78.9 cm³/mol. The summed E-state index contributed by atoms with van der Waals surface area (Å²) in [4.78, 5) is 18.4. The highest BCUT2D eigenvalue weighted by Crippen LogP contribution is 2.27. The first-order valence-corrected chi connectivity index (χ1v) is 6.49. The van der Waals surface area contributed by atoms with Crippen LogP contribution in [0.4, 0.5) is 19.1 Å². The summed E-state index contributed by atoms with van der Waals surface area (Å²) in [6.07, 6.45) is -2.33. The molecule has 0 saturated carbocycles. The van der Waals surface area contributed by atoms with Crippen LogP contribution in [0.2, 0.25) is 0 Å². The van der Waals surface area contributed by atoms with Crippen molar-refractivity contribution in [1.29, 1.82) is 0 Å². The Labute approximate surface area is 132 Å². The molecule has 0 aliphatic rings. The van der Waals surface area contributed by atoms with Crippen molar-refractivity contribution in [3.63, 3.8) is 0 Å². The maximum absolute atomic E-state index is 12.4. The molecule has 1 rings (SSSR count). The van der Waals surface area contributed by atoms with Gasteiger partial charge in [0.1, 0.15) is 5.69 Å². The molecule has 22 heavy (non-hydrogen) atoms. The highest BCUT2D eigenvalue weighted by Gasteiger charge is 2.32. The Kier molecular flexibility index (Phi) is 9.43. The van der Waals surface area contributed by atoms with Gasteiger partial charge in [-0.1, -0.05) is 0 Å². The van der Waals surface area contributed by atoms with Gasteiger partial charge in [-0.15, -0.1) is 12.4 Å². The number of halogens is 4. The van der Waals surface area contributed by atoms with Crippen LogP contribution in [0.15, 0.2) is 12.3 Å². The fourth-order valence-electron chi connectivity index (χ4n) is 1.49. The molecule has 0 saturated heterocycles. The molecule has 1 heterocycles. The summed E-state index contributed by atoms with van der Waals surface area (Å²) >= 11 is 0. The molecule has 3 N–H and O–H groups in total. The second-order valence-electron chi connectivity index (χ2n) is 4.25. The summed E-state index contributed by atoms with van der Waals surface area (Å²) in [5, 5.41) is 8.21. The highest BCUT2D eigenvalue weighted by atomic mass is 35.5. The molecule has 0 spiro atoms. The lowest BCUT2D eigenvalue weighted by Gasteiger charge is -2.09. The molecule has 0 atom stereocenters. The molecule has 126 valence electrons. The maximum Gasteiger partial charge on any atom is 0.433 e. The summed E-state index contributed by atoms with van der Waals surface area (Å²) in [5.41, 5.74) is -1.00. The zero-order valence-corrected chi connectivity index (χ0v) is 12.9. The van der Waals surface area contributed by atoms with Crippen LogP contribution in [0, 0.1) is 0 Å². The van der Waals surface area contributed by atoms with Crippen LogP contribution < -0.4 is 16.0 Å². The van der Waals surface area contributed by atoms with E-state index in [2.05, 4.69) is 25.9 Å². The van der Waals surface area contributed by atoms with E-state index in [-0.39, 0.29) is 37.4 Å².